The Kier molecular flexibility index (Phi) is 7.56. The predicted molar refractivity (Wildman–Crippen MR) is 75.1 cm³/mol. The lowest BCUT2D eigenvalue weighted by Crippen LogP contribution is -1.99. The van der Waals surface area contributed by atoms with E-state index < -0.39 is 0 Å². The molecule has 0 N–H and O–H groups in total. The molecule has 0 amide bonds. The number of unbranched alkanes of at least 4 members (excludes halogenated alkanes) is 4. The van der Waals surface area contributed by atoms with E-state index in [1.807, 2.05) is 30.3 Å². The molecule has 19 heavy (non-hydrogen) atoms. The van der Waals surface area contributed by atoms with Crippen LogP contribution < -0.4 is 0 Å². The Morgan fingerprint density at radius 1 is 0.895 bits per heavy atom. The summed E-state index contributed by atoms with van der Waals surface area (Å²) in [5.41, 5.74) is 0.799. The Labute approximate surface area is 115 Å². The topological polar surface area (TPSA) is 43.4 Å². The Morgan fingerprint density at radius 3 is 2.11 bits per heavy atom. The van der Waals surface area contributed by atoms with Crippen LogP contribution in [0, 0.1) is 0 Å². The molecule has 0 aliphatic carbocycles. The summed E-state index contributed by atoms with van der Waals surface area (Å²) in [4.78, 5) is 22.7. The summed E-state index contributed by atoms with van der Waals surface area (Å²) in [6, 6.07) is 9.41. The average Bonchev–Trinajstić information content (AvgIpc) is 2.46. The second-order valence-corrected chi connectivity index (χ2v) is 4.63. The highest BCUT2D eigenvalue weighted by atomic mass is 16.5. The van der Waals surface area contributed by atoms with Gasteiger partial charge in [-0.05, 0) is 12.8 Å². The van der Waals surface area contributed by atoms with Crippen LogP contribution in [0.5, 0.6) is 0 Å². The molecule has 0 radical (unpaired) electrons. The molecule has 104 valence electrons. The summed E-state index contributed by atoms with van der Waals surface area (Å²) in [5.74, 6) is 0.0782. The molecule has 0 atom stereocenters. The Hall–Kier alpha value is -1.64. The van der Waals surface area contributed by atoms with Crippen LogP contribution in [0.3, 0.4) is 0 Å². The van der Waals surface area contributed by atoms with Gasteiger partial charge in [-0.15, -0.1) is 0 Å². The molecule has 1 aromatic rings. The van der Waals surface area contributed by atoms with Crippen LogP contribution in [-0.4, -0.2) is 18.9 Å². The molecular formula is C16H22O3. The molecule has 1 rings (SSSR count). The Bertz CT molecular complexity index is 384. The summed E-state index contributed by atoms with van der Waals surface area (Å²) in [6.45, 7) is 0. The minimum Gasteiger partial charge on any atom is -0.469 e. The maximum atomic E-state index is 11.8. The molecule has 0 bridgehead atoms. The van der Waals surface area contributed by atoms with Gasteiger partial charge >= 0.3 is 5.97 Å². The van der Waals surface area contributed by atoms with Crippen LogP contribution in [0.2, 0.25) is 0 Å². The van der Waals surface area contributed by atoms with E-state index in [1.54, 1.807) is 0 Å². The molecule has 0 unspecified atom stereocenters. The van der Waals surface area contributed by atoms with Crippen LogP contribution in [-0.2, 0) is 9.53 Å². The van der Waals surface area contributed by atoms with Crippen LogP contribution in [0.1, 0.15) is 55.3 Å². The van der Waals surface area contributed by atoms with Crippen molar-refractivity contribution in [2.24, 2.45) is 0 Å². The summed E-state index contributed by atoms with van der Waals surface area (Å²) < 4.78 is 4.57. The van der Waals surface area contributed by atoms with Gasteiger partial charge in [0, 0.05) is 18.4 Å². The second kappa shape index (κ2) is 9.31. The van der Waals surface area contributed by atoms with Crippen molar-refractivity contribution >= 4 is 11.8 Å². The molecule has 0 spiro atoms. The number of hydrogen-bond donors (Lipinski definition) is 0. The monoisotopic (exact) mass is 262 g/mol. The number of hydrogen-bond acceptors (Lipinski definition) is 3. The Balaban J connectivity index is 2.02. The normalized spacial score (nSPS) is 10.2. The highest BCUT2D eigenvalue weighted by Crippen LogP contribution is 2.11. The van der Waals surface area contributed by atoms with Gasteiger partial charge in [0.15, 0.2) is 5.78 Å². The fourth-order valence-electron chi connectivity index (χ4n) is 1.96. The lowest BCUT2D eigenvalue weighted by Gasteiger charge is -2.02. The highest BCUT2D eigenvalue weighted by Gasteiger charge is 2.04. The van der Waals surface area contributed by atoms with Crippen molar-refractivity contribution in [1.29, 1.82) is 0 Å². The summed E-state index contributed by atoms with van der Waals surface area (Å²) in [7, 11) is 1.41. The van der Waals surface area contributed by atoms with Crippen molar-refractivity contribution in [2.45, 2.75) is 44.9 Å². The van der Waals surface area contributed by atoms with Crippen molar-refractivity contribution in [3.05, 3.63) is 35.9 Å². The third-order valence-electron chi connectivity index (χ3n) is 3.11. The fourth-order valence-corrected chi connectivity index (χ4v) is 1.96. The summed E-state index contributed by atoms with van der Waals surface area (Å²) in [5, 5.41) is 0. The zero-order chi connectivity index (χ0) is 13.9. The van der Waals surface area contributed by atoms with Crippen molar-refractivity contribution < 1.29 is 14.3 Å². The zero-order valence-corrected chi connectivity index (χ0v) is 11.6. The van der Waals surface area contributed by atoms with Gasteiger partial charge in [0.25, 0.3) is 0 Å². The molecular weight excluding hydrogens is 240 g/mol. The van der Waals surface area contributed by atoms with Crippen LogP contribution >= 0.6 is 0 Å². The van der Waals surface area contributed by atoms with Crippen LogP contribution in [0.25, 0.3) is 0 Å². The largest absolute Gasteiger partial charge is 0.469 e. The van der Waals surface area contributed by atoms with E-state index in [1.165, 1.54) is 7.11 Å². The molecule has 0 fully saturated rings. The third-order valence-corrected chi connectivity index (χ3v) is 3.11. The van der Waals surface area contributed by atoms with E-state index in [2.05, 4.69) is 4.74 Å². The lowest BCUT2D eigenvalue weighted by atomic mass is 10.0. The van der Waals surface area contributed by atoms with E-state index in [0.29, 0.717) is 12.8 Å². The SMILES string of the molecule is COC(=O)CCCCCCCC(=O)c1ccccc1. The first-order chi connectivity index (χ1) is 9.24. The summed E-state index contributed by atoms with van der Waals surface area (Å²) >= 11 is 0. The maximum absolute atomic E-state index is 11.8. The van der Waals surface area contributed by atoms with Crippen molar-refractivity contribution in [1.82, 2.24) is 0 Å². The summed E-state index contributed by atoms with van der Waals surface area (Å²) in [6.07, 6.45) is 6.04. The van der Waals surface area contributed by atoms with Gasteiger partial charge in [-0.2, -0.15) is 0 Å². The van der Waals surface area contributed by atoms with E-state index in [0.717, 1.165) is 37.7 Å². The first-order valence-corrected chi connectivity index (χ1v) is 6.89. The van der Waals surface area contributed by atoms with E-state index in [4.69, 9.17) is 0 Å². The number of ether oxygens (including phenoxy) is 1. The van der Waals surface area contributed by atoms with Gasteiger partial charge in [-0.25, -0.2) is 0 Å². The van der Waals surface area contributed by atoms with Crippen molar-refractivity contribution in [3.63, 3.8) is 0 Å². The molecule has 1 aromatic carbocycles. The van der Waals surface area contributed by atoms with Gasteiger partial charge < -0.3 is 4.74 Å². The van der Waals surface area contributed by atoms with E-state index >= 15 is 0 Å². The number of esters is 1. The molecule has 0 saturated carbocycles. The fraction of sp³-hybridized carbons (Fsp3) is 0.500. The maximum Gasteiger partial charge on any atom is 0.305 e. The van der Waals surface area contributed by atoms with Gasteiger partial charge in [0.1, 0.15) is 0 Å². The average molecular weight is 262 g/mol. The molecule has 0 aromatic heterocycles. The Morgan fingerprint density at radius 2 is 1.47 bits per heavy atom. The predicted octanol–water partition coefficient (Wildman–Crippen LogP) is 3.77. The minimum absolute atomic E-state index is 0.140. The first-order valence-electron chi connectivity index (χ1n) is 6.89. The number of methoxy groups -OCH3 is 1. The number of carbonyl (C=O) groups is 2. The number of benzene rings is 1. The second-order valence-electron chi connectivity index (χ2n) is 4.63. The van der Waals surface area contributed by atoms with Gasteiger partial charge in [-0.1, -0.05) is 49.6 Å². The smallest absolute Gasteiger partial charge is 0.305 e. The van der Waals surface area contributed by atoms with Gasteiger partial charge in [0.05, 0.1) is 7.11 Å². The molecule has 0 heterocycles. The first kappa shape index (κ1) is 15.4. The lowest BCUT2D eigenvalue weighted by molar-refractivity contribution is -0.140. The van der Waals surface area contributed by atoms with Gasteiger partial charge in [-0.3, -0.25) is 9.59 Å². The number of rotatable bonds is 9. The molecule has 3 nitrogen and oxygen atoms in total. The van der Waals surface area contributed by atoms with Gasteiger partial charge in [0.2, 0.25) is 0 Å². The number of ketones is 1. The van der Waals surface area contributed by atoms with Crippen molar-refractivity contribution in [2.75, 3.05) is 7.11 Å². The molecule has 3 heteroatoms. The van der Waals surface area contributed by atoms with Crippen LogP contribution in [0.15, 0.2) is 30.3 Å². The van der Waals surface area contributed by atoms with Crippen molar-refractivity contribution in [3.8, 4) is 0 Å². The standard InChI is InChI=1S/C16H22O3/c1-19-16(18)13-9-4-2-3-8-12-15(17)14-10-6-5-7-11-14/h5-7,10-11H,2-4,8-9,12-13H2,1H3. The number of carbonyl (C=O) groups excluding carboxylic acids is 2. The van der Waals surface area contributed by atoms with E-state index in [9.17, 15) is 9.59 Å². The minimum atomic E-state index is -0.140. The molecule has 0 aliphatic rings. The molecule has 0 aliphatic heterocycles. The third kappa shape index (κ3) is 6.75. The highest BCUT2D eigenvalue weighted by molar-refractivity contribution is 5.95. The van der Waals surface area contributed by atoms with Crippen LogP contribution in [0.4, 0.5) is 0 Å². The molecule has 0 saturated heterocycles. The zero-order valence-electron chi connectivity index (χ0n) is 11.6. The number of Topliss-reactive ketones (excluding diaryl/α,β-unsaturated/α-hetero) is 1. The van der Waals surface area contributed by atoms with E-state index in [-0.39, 0.29) is 11.8 Å². The quantitative estimate of drug-likeness (QED) is 0.386.